The van der Waals surface area contributed by atoms with Crippen molar-refractivity contribution in [2.45, 2.75) is 13.3 Å². The highest BCUT2D eigenvalue weighted by Gasteiger charge is 2.01. The second kappa shape index (κ2) is 3.60. The molecule has 0 aliphatic carbocycles. The molecule has 0 fully saturated rings. The maximum Gasteiger partial charge on any atom is 0.312 e. The van der Waals surface area contributed by atoms with Crippen LogP contribution in [-0.2, 0) is 9.53 Å². The molecule has 0 aliphatic rings. The molecule has 0 aromatic rings. The van der Waals surface area contributed by atoms with Gasteiger partial charge in [0.2, 0.25) is 5.88 Å². The van der Waals surface area contributed by atoms with Crippen molar-refractivity contribution in [1.82, 2.24) is 0 Å². The summed E-state index contributed by atoms with van der Waals surface area (Å²) in [6.45, 7) is 1.64. The first kappa shape index (κ1) is 8.61. The zero-order chi connectivity index (χ0) is 8.15. The summed E-state index contributed by atoms with van der Waals surface area (Å²) >= 11 is 0. The maximum absolute atomic E-state index is 10.5. The van der Waals surface area contributed by atoms with E-state index < -0.39 is 5.97 Å². The summed E-state index contributed by atoms with van der Waals surface area (Å²) in [4.78, 5) is 10.5. The van der Waals surface area contributed by atoms with Crippen LogP contribution in [0.4, 0.5) is 0 Å². The first-order valence-electron chi connectivity index (χ1n) is 2.79. The molecule has 0 spiro atoms. The fourth-order valence-electron chi connectivity index (χ4n) is 0.254. The Bertz CT molecular complexity index is 160. The lowest BCUT2D eigenvalue weighted by Crippen LogP contribution is -2.21. The third-order valence-electron chi connectivity index (χ3n) is 0.797. The Morgan fingerprint density at radius 2 is 1.90 bits per heavy atom. The van der Waals surface area contributed by atoms with Gasteiger partial charge in [0, 0.05) is 6.42 Å². The normalized spacial score (nSPS) is 8.50. The predicted molar refractivity (Wildman–Crippen MR) is 36.0 cm³/mol. The second-order valence-electron chi connectivity index (χ2n) is 1.65. The fraction of sp³-hybridized carbons (Fsp3) is 0.400. The van der Waals surface area contributed by atoms with E-state index in [0.717, 1.165) is 0 Å². The molecule has 0 amide bonds. The number of esters is 1. The van der Waals surface area contributed by atoms with Gasteiger partial charge in [-0.15, -0.1) is 0 Å². The van der Waals surface area contributed by atoms with E-state index in [1.54, 1.807) is 6.92 Å². The molecule has 0 radical (unpaired) electrons. The molecule has 6 N–H and O–H groups in total. The van der Waals surface area contributed by atoms with Crippen LogP contribution >= 0.6 is 0 Å². The van der Waals surface area contributed by atoms with E-state index >= 15 is 0 Å². The van der Waals surface area contributed by atoms with Crippen LogP contribution in [0.15, 0.2) is 11.7 Å². The van der Waals surface area contributed by atoms with Crippen molar-refractivity contribution in [2.75, 3.05) is 0 Å². The first-order valence-corrected chi connectivity index (χ1v) is 2.79. The smallest absolute Gasteiger partial charge is 0.312 e. The Morgan fingerprint density at radius 3 is 2.20 bits per heavy atom. The van der Waals surface area contributed by atoms with Crippen LogP contribution in [0.25, 0.3) is 0 Å². The zero-order valence-corrected chi connectivity index (χ0v) is 5.76. The molecule has 5 nitrogen and oxygen atoms in total. The molecule has 5 heteroatoms. The Balaban J connectivity index is 3.92. The summed E-state index contributed by atoms with van der Waals surface area (Å²) in [5.41, 5.74) is 15.1. The Labute approximate surface area is 58.8 Å². The summed E-state index contributed by atoms with van der Waals surface area (Å²) in [6.07, 6.45) is 0.244. The fourth-order valence-corrected chi connectivity index (χ4v) is 0.254. The number of ether oxygens (including phenoxy) is 1. The Hall–Kier alpha value is -1.39. The minimum absolute atomic E-state index is 0.179. The lowest BCUT2D eigenvalue weighted by molar-refractivity contribution is -0.139. The Morgan fingerprint density at radius 1 is 1.40 bits per heavy atom. The van der Waals surface area contributed by atoms with Gasteiger partial charge in [-0.2, -0.15) is 0 Å². The highest BCUT2D eigenvalue weighted by Crippen LogP contribution is 1.91. The van der Waals surface area contributed by atoms with Crippen LogP contribution in [0.3, 0.4) is 0 Å². The maximum atomic E-state index is 10.5. The van der Waals surface area contributed by atoms with E-state index in [1.165, 1.54) is 0 Å². The monoisotopic (exact) mass is 145 g/mol. The third kappa shape index (κ3) is 2.81. The van der Waals surface area contributed by atoms with Crippen molar-refractivity contribution in [3.05, 3.63) is 11.7 Å². The average Bonchev–Trinajstić information content (AvgIpc) is 1.87. The molecule has 0 aromatic carbocycles. The van der Waals surface area contributed by atoms with Crippen LogP contribution in [0.1, 0.15) is 13.3 Å². The average molecular weight is 145 g/mol. The van der Waals surface area contributed by atoms with Gasteiger partial charge in [-0.05, 0) is 0 Å². The number of carbonyl (C=O) groups excluding carboxylic acids is 1. The molecule has 0 saturated carbocycles. The van der Waals surface area contributed by atoms with Gasteiger partial charge in [-0.25, -0.2) is 0 Å². The van der Waals surface area contributed by atoms with E-state index in [4.69, 9.17) is 17.2 Å². The number of rotatable bonds is 2. The molecule has 0 aliphatic heterocycles. The lowest BCUT2D eigenvalue weighted by atomic mass is 10.5. The van der Waals surface area contributed by atoms with Gasteiger partial charge in [0.1, 0.15) is 0 Å². The largest absolute Gasteiger partial charge is 0.406 e. The van der Waals surface area contributed by atoms with E-state index in [1.807, 2.05) is 0 Å². The van der Waals surface area contributed by atoms with E-state index in [-0.39, 0.29) is 18.1 Å². The van der Waals surface area contributed by atoms with Crippen molar-refractivity contribution < 1.29 is 9.53 Å². The van der Waals surface area contributed by atoms with Crippen LogP contribution < -0.4 is 17.2 Å². The molecular formula is C5H11N3O2. The highest BCUT2D eigenvalue weighted by molar-refractivity contribution is 5.70. The van der Waals surface area contributed by atoms with Gasteiger partial charge < -0.3 is 21.9 Å². The van der Waals surface area contributed by atoms with Crippen molar-refractivity contribution in [3.8, 4) is 0 Å². The van der Waals surface area contributed by atoms with E-state index in [2.05, 4.69) is 4.74 Å². The molecule has 0 bridgehead atoms. The highest BCUT2D eigenvalue weighted by atomic mass is 16.5. The molecule has 0 unspecified atom stereocenters. The number of hydrogen-bond acceptors (Lipinski definition) is 5. The third-order valence-corrected chi connectivity index (χ3v) is 0.797. The van der Waals surface area contributed by atoms with E-state index in [0.29, 0.717) is 0 Å². The van der Waals surface area contributed by atoms with Crippen LogP contribution in [0.5, 0.6) is 0 Å². The van der Waals surface area contributed by atoms with Crippen molar-refractivity contribution in [1.29, 1.82) is 0 Å². The first-order chi connectivity index (χ1) is 4.57. The molecular weight excluding hydrogens is 134 g/mol. The number of hydrogen-bond donors (Lipinski definition) is 3. The van der Waals surface area contributed by atoms with Gasteiger partial charge in [0.25, 0.3) is 0 Å². The lowest BCUT2D eigenvalue weighted by Gasteiger charge is -2.02. The minimum Gasteiger partial charge on any atom is -0.406 e. The quantitative estimate of drug-likeness (QED) is 0.339. The standard InChI is InChI=1S/C5H11N3O2/c1-2-3(9)10-5(8)4(6)7/h2,6-8H2,1H3. The van der Waals surface area contributed by atoms with Gasteiger partial charge in [0.15, 0.2) is 5.82 Å². The summed E-state index contributed by atoms with van der Waals surface area (Å²) in [5.74, 6) is -0.862. The summed E-state index contributed by atoms with van der Waals surface area (Å²) in [7, 11) is 0. The molecule has 0 atom stereocenters. The van der Waals surface area contributed by atoms with Crippen LogP contribution in [0, 0.1) is 0 Å². The topological polar surface area (TPSA) is 104 Å². The molecule has 58 valence electrons. The Kier molecular flexibility index (Phi) is 3.10. The number of nitrogens with two attached hydrogens (primary N) is 3. The van der Waals surface area contributed by atoms with E-state index in [9.17, 15) is 4.79 Å². The van der Waals surface area contributed by atoms with Crippen molar-refractivity contribution in [2.24, 2.45) is 17.2 Å². The SMILES string of the molecule is CCC(=O)OC(N)=C(N)N. The van der Waals surface area contributed by atoms with Crippen LogP contribution in [0.2, 0.25) is 0 Å². The van der Waals surface area contributed by atoms with Crippen LogP contribution in [-0.4, -0.2) is 5.97 Å². The van der Waals surface area contributed by atoms with Crippen molar-refractivity contribution in [3.63, 3.8) is 0 Å². The summed E-state index contributed by atoms with van der Waals surface area (Å²) in [6, 6.07) is 0. The molecule has 0 heterocycles. The van der Waals surface area contributed by atoms with Crippen molar-refractivity contribution >= 4 is 5.97 Å². The summed E-state index contributed by atoms with van der Waals surface area (Å²) in [5, 5.41) is 0. The summed E-state index contributed by atoms with van der Waals surface area (Å²) < 4.78 is 4.43. The molecule has 0 aromatic heterocycles. The van der Waals surface area contributed by atoms with Gasteiger partial charge in [-0.3, -0.25) is 4.79 Å². The van der Waals surface area contributed by atoms with Gasteiger partial charge >= 0.3 is 5.97 Å². The minimum atomic E-state index is -0.453. The number of carbonyl (C=O) groups is 1. The van der Waals surface area contributed by atoms with Gasteiger partial charge in [-0.1, -0.05) is 6.92 Å². The predicted octanol–water partition coefficient (Wildman–Crippen LogP) is -1.06. The molecule has 0 saturated heterocycles. The second-order valence-corrected chi connectivity index (χ2v) is 1.65. The molecule has 10 heavy (non-hydrogen) atoms. The molecule has 0 rings (SSSR count). The zero-order valence-electron chi connectivity index (χ0n) is 5.76. The van der Waals surface area contributed by atoms with Gasteiger partial charge in [0.05, 0.1) is 0 Å².